The molecule has 0 atom stereocenters. The lowest BCUT2D eigenvalue weighted by molar-refractivity contribution is -0.127. The molecule has 0 rings (SSSR count). The van der Waals surface area contributed by atoms with Gasteiger partial charge in [0, 0.05) is 19.8 Å². The average molecular weight is 331 g/mol. The lowest BCUT2D eigenvalue weighted by Gasteiger charge is -2.08. The van der Waals surface area contributed by atoms with Crippen LogP contribution in [0.4, 0.5) is 0 Å². The van der Waals surface area contributed by atoms with Gasteiger partial charge in [0.15, 0.2) is 0 Å². The van der Waals surface area contributed by atoms with Crippen molar-refractivity contribution in [2.75, 3.05) is 39.6 Å². The second-order valence-corrected chi connectivity index (χ2v) is 6.06. The second-order valence-electron chi connectivity index (χ2n) is 6.06. The summed E-state index contributed by atoms with van der Waals surface area (Å²) in [7, 11) is 0. The Kier molecular flexibility index (Phi) is 17.2. The largest absolute Gasteiger partial charge is 0.379 e. The van der Waals surface area contributed by atoms with Gasteiger partial charge >= 0.3 is 0 Å². The smallest absolute Gasteiger partial charge is 0.246 e. The molecule has 1 amide bonds. The molecule has 1 N–H and O–H groups in total. The predicted molar refractivity (Wildman–Crippen MR) is 93.7 cm³/mol. The van der Waals surface area contributed by atoms with E-state index in [1.54, 1.807) is 0 Å². The Balaban J connectivity index is 3.09. The summed E-state index contributed by atoms with van der Waals surface area (Å²) in [6, 6.07) is 0. The summed E-state index contributed by atoms with van der Waals surface area (Å²) in [5.41, 5.74) is 0. The quantitative estimate of drug-likeness (QED) is 0.415. The fourth-order valence-electron chi connectivity index (χ4n) is 1.98. The summed E-state index contributed by atoms with van der Waals surface area (Å²) < 4.78 is 16.3. The van der Waals surface area contributed by atoms with Crippen molar-refractivity contribution in [1.82, 2.24) is 5.32 Å². The summed E-state index contributed by atoms with van der Waals surface area (Å²) in [6.07, 6.45) is 8.13. The van der Waals surface area contributed by atoms with Gasteiger partial charge < -0.3 is 19.5 Å². The van der Waals surface area contributed by atoms with Crippen LogP contribution < -0.4 is 5.32 Å². The molecule has 0 unspecified atom stereocenters. The highest BCUT2D eigenvalue weighted by atomic mass is 16.5. The van der Waals surface area contributed by atoms with Crippen LogP contribution in [0.5, 0.6) is 0 Å². The molecule has 5 heteroatoms. The van der Waals surface area contributed by atoms with E-state index in [1.807, 2.05) is 13.8 Å². The zero-order valence-electron chi connectivity index (χ0n) is 15.4. The van der Waals surface area contributed by atoms with Crippen LogP contribution >= 0.6 is 0 Å². The van der Waals surface area contributed by atoms with Crippen LogP contribution in [-0.4, -0.2) is 51.6 Å². The summed E-state index contributed by atoms with van der Waals surface area (Å²) in [6.45, 7) is 9.90. The number of hydrogen-bond acceptors (Lipinski definition) is 4. The molecule has 23 heavy (non-hydrogen) atoms. The first-order chi connectivity index (χ1) is 11.2. The molecule has 0 bridgehead atoms. The predicted octanol–water partition coefficient (Wildman–Crippen LogP) is 3.31. The van der Waals surface area contributed by atoms with Crippen molar-refractivity contribution in [2.45, 2.75) is 71.8 Å². The molecule has 138 valence electrons. The van der Waals surface area contributed by atoms with Crippen molar-refractivity contribution in [3.63, 3.8) is 0 Å². The molecule has 0 aromatic rings. The highest BCUT2D eigenvalue weighted by molar-refractivity contribution is 5.77. The van der Waals surface area contributed by atoms with Crippen molar-refractivity contribution >= 4 is 5.91 Å². The van der Waals surface area contributed by atoms with Crippen molar-refractivity contribution in [1.29, 1.82) is 0 Å². The van der Waals surface area contributed by atoms with E-state index in [9.17, 15) is 4.79 Å². The normalized spacial score (nSPS) is 11.1. The van der Waals surface area contributed by atoms with E-state index in [2.05, 4.69) is 12.2 Å². The Labute approximate surface area is 142 Å². The third-order valence-corrected chi connectivity index (χ3v) is 3.35. The molecule has 0 fully saturated rings. The maximum absolute atomic E-state index is 11.4. The molecular weight excluding hydrogens is 294 g/mol. The van der Waals surface area contributed by atoms with Crippen LogP contribution in [0.25, 0.3) is 0 Å². The molecule has 0 radical (unpaired) electrons. The van der Waals surface area contributed by atoms with Gasteiger partial charge in [0.25, 0.3) is 0 Å². The lowest BCUT2D eigenvalue weighted by Crippen LogP contribution is -2.29. The third-order valence-electron chi connectivity index (χ3n) is 3.35. The first-order valence-electron chi connectivity index (χ1n) is 9.20. The summed E-state index contributed by atoms with van der Waals surface area (Å²) in [4.78, 5) is 11.4. The second kappa shape index (κ2) is 17.7. The minimum atomic E-state index is -0.0361. The van der Waals surface area contributed by atoms with Crippen LogP contribution in [-0.2, 0) is 19.0 Å². The van der Waals surface area contributed by atoms with Gasteiger partial charge in [-0.3, -0.25) is 4.79 Å². The number of rotatable bonds is 17. The maximum Gasteiger partial charge on any atom is 0.246 e. The van der Waals surface area contributed by atoms with Crippen LogP contribution in [0.2, 0.25) is 0 Å². The van der Waals surface area contributed by atoms with E-state index >= 15 is 0 Å². The number of carbonyl (C=O) groups is 1. The standard InChI is InChI=1S/C18H37NO4/c1-4-5-6-9-12-21-14-15-22-13-10-7-8-11-19-18(20)16-23-17(2)3/h17H,4-16H2,1-3H3,(H,19,20). The zero-order chi connectivity index (χ0) is 17.2. The van der Waals surface area contributed by atoms with Crippen molar-refractivity contribution in [2.24, 2.45) is 0 Å². The Morgan fingerprint density at radius 2 is 1.48 bits per heavy atom. The van der Waals surface area contributed by atoms with Crippen LogP contribution in [0.3, 0.4) is 0 Å². The molecule has 0 aromatic carbocycles. The van der Waals surface area contributed by atoms with E-state index in [-0.39, 0.29) is 18.6 Å². The van der Waals surface area contributed by atoms with Gasteiger partial charge in [0.1, 0.15) is 6.61 Å². The number of carbonyl (C=O) groups excluding carboxylic acids is 1. The van der Waals surface area contributed by atoms with Crippen molar-refractivity contribution < 1.29 is 19.0 Å². The first kappa shape index (κ1) is 22.4. The molecule has 0 saturated heterocycles. The molecule has 0 aliphatic rings. The Morgan fingerprint density at radius 1 is 0.870 bits per heavy atom. The molecule has 5 nitrogen and oxygen atoms in total. The Hall–Kier alpha value is -0.650. The monoisotopic (exact) mass is 331 g/mol. The average Bonchev–Trinajstić information content (AvgIpc) is 2.53. The molecule has 0 aromatic heterocycles. The maximum atomic E-state index is 11.4. The van der Waals surface area contributed by atoms with Gasteiger partial charge in [0.05, 0.1) is 19.3 Å². The van der Waals surface area contributed by atoms with Gasteiger partial charge in [-0.2, -0.15) is 0 Å². The minimum Gasteiger partial charge on any atom is -0.379 e. The molecule has 0 saturated carbocycles. The van der Waals surface area contributed by atoms with Gasteiger partial charge in [-0.25, -0.2) is 0 Å². The molecule has 0 heterocycles. The Morgan fingerprint density at radius 3 is 2.04 bits per heavy atom. The molecule has 0 aliphatic carbocycles. The van der Waals surface area contributed by atoms with Gasteiger partial charge in [-0.05, 0) is 39.5 Å². The van der Waals surface area contributed by atoms with E-state index in [0.717, 1.165) is 38.9 Å². The Bertz CT molecular complexity index is 259. The highest BCUT2D eigenvalue weighted by Gasteiger charge is 2.02. The van der Waals surface area contributed by atoms with E-state index < -0.39 is 0 Å². The van der Waals surface area contributed by atoms with E-state index in [4.69, 9.17) is 14.2 Å². The van der Waals surface area contributed by atoms with E-state index in [0.29, 0.717) is 19.8 Å². The molecule has 0 aliphatic heterocycles. The number of ether oxygens (including phenoxy) is 3. The van der Waals surface area contributed by atoms with Gasteiger partial charge in [-0.15, -0.1) is 0 Å². The van der Waals surface area contributed by atoms with Gasteiger partial charge in [0.2, 0.25) is 5.91 Å². The SMILES string of the molecule is CCCCCCOCCOCCCCCNC(=O)COC(C)C. The van der Waals surface area contributed by atoms with Crippen LogP contribution in [0.15, 0.2) is 0 Å². The molecule has 0 spiro atoms. The number of nitrogens with one attached hydrogen (secondary N) is 1. The van der Waals surface area contributed by atoms with Crippen LogP contribution in [0.1, 0.15) is 65.7 Å². The molecular formula is C18H37NO4. The van der Waals surface area contributed by atoms with Gasteiger partial charge in [-0.1, -0.05) is 26.2 Å². The topological polar surface area (TPSA) is 56.8 Å². The minimum absolute atomic E-state index is 0.0361. The number of hydrogen-bond donors (Lipinski definition) is 1. The fourth-order valence-corrected chi connectivity index (χ4v) is 1.98. The summed E-state index contributed by atoms with van der Waals surface area (Å²) in [5, 5.41) is 2.85. The lowest BCUT2D eigenvalue weighted by atomic mass is 10.2. The summed E-state index contributed by atoms with van der Waals surface area (Å²) in [5.74, 6) is -0.0361. The zero-order valence-corrected chi connectivity index (χ0v) is 15.4. The fraction of sp³-hybridized carbons (Fsp3) is 0.944. The number of amides is 1. The summed E-state index contributed by atoms with van der Waals surface area (Å²) >= 11 is 0. The van der Waals surface area contributed by atoms with Crippen LogP contribution in [0, 0.1) is 0 Å². The van der Waals surface area contributed by atoms with Crippen molar-refractivity contribution in [3.05, 3.63) is 0 Å². The first-order valence-corrected chi connectivity index (χ1v) is 9.20. The third kappa shape index (κ3) is 19.3. The van der Waals surface area contributed by atoms with E-state index in [1.165, 1.54) is 19.3 Å². The highest BCUT2D eigenvalue weighted by Crippen LogP contribution is 1.99. The van der Waals surface area contributed by atoms with Crippen molar-refractivity contribution in [3.8, 4) is 0 Å². The number of unbranched alkanes of at least 4 members (excludes halogenated alkanes) is 5.